The Morgan fingerprint density at radius 2 is 1.86 bits per heavy atom. The second-order valence-electron chi connectivity index (χ2n) is 4.62. The van der Waals surface area contributed by atoms with Crippen molar-refractivity contribution in [2.45, 2.75) is 5.75 Å². The van der Waals surface area contributed by atoms with Crippen LogP contribution in [0.5, 0.6) is 5.75 Å². The molecule has 4 nitrogen and oxygen atoms in total. The van der Waals surface area contributed by atoms with E-state index in [2.05, 4.69) is 0 Å². The van der Waals surface area contributed by atoms with E-state index in [1.807, 2.05) is 48.5 Å². The molecule has 1 amide bonds. The molecule has 21 heavy (non-hydrogen) atoms. The van der Waals surface area contributed by atoms with Crippen LogP contribution in [0, 0.1) is 0 Å². The highest BCUT2D eigenvalue weighted by Crippen LogP contribution is 2.24. The third-order valence-corrected chi connectivity index (χ3v) is 4.25. The Bertz CT molecular complexity index is 653. The number of amides is 1. The molecule has 0 saturated carbocycles. The van der Waals surface area contributed by atoms with Gasteiger partial charge in [0.1, 0.15) is 11.5 Å². The molecule has 0 aliphatic rings. The number of ether oxygens (including phenoxy) is 1. The van der Waals surface area contributed by atoms with E-state index in [-0.39, 0.29) is 5.75 Å². The summed E-state index contributed by atoms with van der Waals surface area (Å²) in [6.07, 6.45) is 0. The molecule has 1 atom stereocenters. The average molecular weight is 303 g/mol. The third kappa shape index (κ3) is 4.43. The minimum absolute atomic E-state index is 0.0996. The predicted octanol–water partition coefficient (Wildman–Crippen LogP) is 2.10. The molecule has 0 spiro atoms. The number of hydrogen-bond acceptors (Lipinski definition) is 3. The lowest BCUT2D eigenvalue weighted by atomic mass is 10.0. The number of primary amides is 1. The minimum Gasteiger partial charge on any atom is -0.497 e. The van der Waals surface area contributed by atoms with Gasteiger partial charge in [-0.15, -0.1) is 0 Å². The normalized spacial score (nSPS) is 11.9. The van der Waals surface area contributed by atoms with Crippen LogP contribution in [0.2, 0.25) is 0 Å². The number of carbonyl (C=O) groups is 1. The molecule has 0 aliphatic carbocycles. The number of carbonyl (C=O) groups excluding carboxylic acids is 1. The van der Waals surface area contributed by atoms with Crippen LogP contribution in [0.3, 0.4) is 0 Å². The van der Waals surface area contributed by atoms with Crippen LogP contribution in [-0.2, 0) is 21.3 Å². The van der Waals surface area contributed by atoms with Gasteiger partial charge in [0.25, 0.3) is 0 Å². The lowest BCUT2D eigenvalue weighted by Crippen LogP contribution is -2.20. The van der Waals surface area contributed by atoms with Crippen LogP contribution in [0.15, 0.2) is 48.5 Å². The lowest BCUT2D eigenvalue weighted by molar-refractivity contribution is -0.115. The molecule has 0 heterocycles. The highest BCUT2D eigenvalue weighted by Gasteiger charge is 2.06. The van der Waals surface area contributed by atoms with E-state index in [9.17, 15) is 9.00 Å². The van der Waals surface area contributed by atoms with E-state index in [0.29, 0.717) is 5.75 Å². The van der Waals surface area contributed by atoms with Gasteiger partial charge in [-0.05, 0) is 28.8 Å². The fourth-order valence-electron chi connectivity index (χ4n) is 1.99. The van der Waals surface area contributed by atoms with E-state index >= 15 is 0 Å². The lowest BCUT2D eigenvalue weighted by Gasteiger charge is -2.06. The first-order valence-electron chi connectivity index (χ1n) is 6.45. The largest absolute Gasteiger partial charge is 0.497 e. The zero-order valence-corrected chi connectivity index (χ0v) is 12.6. The highest BCUT2D eigenvalue weighted by molar-refractivity contribution is 7.84. The summed E-state index contributed by atoms with van der Waals surface area (Å²) in [7, 11) is 0.383. The number of benzene rings is 2. The van der Waals surface area contributed by atoms with Gasteiger partial charge in [-0.2, -0.15) is 0 Å². The van der Waals surface area contributed by atoms with E-state index in [1.54, 1.807) is 7.11 Å². The Morgan fingerprint density at radius 1 is 1.14 bits per heavy atom. The molecule has 0 fully saturated rings. The summed E-state index contributed by atoms with van der Waals surface area (Å²) >= 11 is 0. The fourth-order valence-corrected chi connectivity index (χ4v) is 2.98. The van der Waals surface area contributed by atoms with Gasteiger partial charge in [-0.25, -0.2) is 0 Å². The first-order chi connectivity index (χ1) is 10.1. The van der Waals surface area contributed by atoms with Crippen LogP contribution in [0.1, 0.15) is 5.56 Å². The van der Waals surface area contributed by atoms with Crippen LogP contribution in [0.4, 0.5) is 0 Å². The Balaban J connectivity index is 2.11. The van der Waals surface area contributed by atoms with Gasteiger partial charge in [-0.1, -0.05) is 36.4 Å². The summed E-state index contributed by atoms with van der Waals surface area (Å²) in [5, 5.41) is 0. The smallest absolute Gasteiger partial charge is 0.230 e. The van der Waals surface area contributed by atoms with E-state index < -0.39 is 16.7 Å². The molecule has 2 rings (SSSR count). The van der Waals surface area contributed by atoms with Crippen molar-refractivity contribution < 1.29 is 13.7 Å². The summed E-state index contributed by atoms with van der Waals surface area (Å²) in [5.74, 6) is 0.499. The van der Waals surface area contributed by atoms with Crippen molar-refractivity contribution in [3.05, 3.63) is 54.1 Å². The van der Waals surface area contributed by atoms with E-state index in [0.717, 1.165) is 22.4 Å². The Labute approximate surface area is 126 Å². The summed E-state index contributed by atoms with van der Waals surface area (Å²) in [4.78, 5) is 10.7. The first-order valence-corrected chi connectivity index (χ1v) is 7.94. The van der Waals surface area contributed by atoms with Gasteiger partial charge in [0.15, 0.2) is 0 Å². The SMILES string of the molecule is COc1cccc(-c2ccc(C[S@](=O)CC(N)=O)cc2)c1. The van der Waals surface area contributed by atoms with Crippen LogP contribution >= 0.6 is 0 Å². The second kappa shape index (κ2) is 7.04. The molecule has 0 unspecified atom stereocenters. The van der Waals surface area contributed by atoms with Gasteiger partial charge >= 0.3 is 0 Å². The maximum absolute atomic E-state index is 11.7. The maximum atomic E-state index is 11.7. The van der Waals surface area contributed by atoms with Crippen LogP contribution in [0.25, 0.3) is 11.1 Å². The Kier molecular flexibility index (Phi) is 5.11. The van der Waals surface area contributed by atoms with Gasteiger partial charge in [0, 0.05) is 16.6 Å². The monoisotopic (exact) mass is 303 g/mol. The Hall–Kier alpha value is -2.14. The van der Waals surface area contributed by atoms with Crippen molar-refractivity contribution >= 4 is 16.7 Å². The molecule has 5 heteroatoms. The van der Waals surface area contributed by atoms with Crippen molar-refractivity contribution in [1.82, 2.24) is 0 Å². The molecule has 2 aromatic rings. The molecule has 0 aromatic heterocycles. The summed E-state index contributed by atoms with van der Waals surface area (Å²) < 4.78 is 16.9. The Morgan fingerprint density at radius 3 is 2.48 bits per heavy atom. The summed E-state index contributed by atoms with van der Waals surface area (Å²) in [5.41, 5.74) is 8.06. The maximum Gasteiger partial charge on any atom is 0.230 e. The average Bonchev–Trinajstić information content (AvgIpc) is 2.47. The molecular formula is C16H17NO3S. The van der Waals surface area contributed by atoms with Crippen molar-refractivity contribution in [3.8, 4) is 16.9 Å². The molecule has 0 saturated heterocycles. The zero-order chi connectivity index (χ0) is 15.2. The quantitative estimate of drug-likeness (QED) is 0.888. The first kappa shape index (κ1) is 15.3. The molecule has 2 aromatic carbocycles. The van der Waals surface area contributed by atoms with Gasteiger partial charge in [-0.3, -0.25) is 9.00 Å². The molecule has 2 N–H and O–H groups in total. The summed E-state index contributed by atoms with van der Waals surface area (Å²) in [6, 6.07) is 15.5. The summed E-state index contributed by atoms with van der Waals surface area (Å²) in [6.45, 7) is 0. The van der Waals surface area contributed by atoms with Crippen LogP contribution < -0.4 is 10.5 Å². The van der Waals surface area contributed by atoms with Gasteiger partial charge in [0.2, 0.25) is 5.91 Å². The van der Waals surface area contributed by atoms with Crippen molar-refractivity contribution in [3.63, 3.8) is 0 Å². The van der Waals surface area contributed by atoms with Crippen LogP contribution in [-0.4, -0.2) is 23.0 Å². The number of methoxy groups -OCH3 is 1. The standard InChI is InChI=1S/C16H17NO3S/c1-20-15-4-2-3-14(9-15)13-7-5-12(6-8-13)10-21(19)11-16(17)18/h2-9H,10-11H2,1H3,(H2,17,18)/t21-/m0/s1. The molecule has 0 radical (unpaired) electrons. The highest BCUT2D eigenvalue weighted by atomic mass is 32.2. The minimum atomic E-state index is -1.25. The van der Waals surface area contributed by atoms with Crippen molar-refractivity contribution in [2.75, 3.05) is 12.9 Å². The fraction of sp³-hybridized carbons (Fsp3) is 0.188. The zero-order valence-electron chi connectivity index (χ0n) is 11.7. The van der Waals surface area contributed by atoms with Gasteiger partial charge in [0.05, 0.1) is 7.11 Å². The topological polar surface area (TPSA) is 69.4 Å². The van der Waals surface area contributed by atoms with Gasteiger partial charge < -0.3 is 10.5 Å². The van der Waals surface area contributed by atoms with Crippen molar-refractivity contribution in [2.24, 2.45) is 5.73 Å². The number of hydrogen-bond donors (Lipinski definition) is 1. The molecule has 0 bridgehead atoms. The number of rotatable bonds is 6. The molecule has 110 valence electrons. The third-order valence-electron chi connectivity index (χ3n) is 2.99. The predicted molar refractivity (Wildman–Crippen MR) is 84.3 cm³/mol. The molecule has 0 aliphatic heterocycles. The van der Waals surface area contributed by atoms with E-state index in [4.69, 9.17) is 10.5 Å². The number of nitrogens with two attached hydrogens (primary N) is 1. The second-order valence-corrected chi connectivity index (χ2v) is 6.08. The van der Waals surface area contributed by atoms with E-state index in [1.165, 1.54) is 0 Å². The molecular weight excluding hydrogens is 286 g/mol. The van der Waals surface area contributed by atoms with Crippen molar-refractivity contribution in [1.29, 1.82) is 0 Å².